The molecule has 0 saturated heterocycles. The molecule has 0 bridgehead atoms. The molecule has 0 aliphatic carbocycles. The van der Waals surface area contributed by atoms with Crippen LogP contribution in [0.5, 0.6) is 0 Å². The molecule has 0 spiro atoms. The number of anilines is 2. The van der Waals surface area contributed by atoms with Gasteiger partial charge in [0.2, 0.25) is 0 Å². The van der Waals surface area contributed by atoms with Gasteiger partial charge in [-0.3, -0.25) is 4.98 Å². The van der Waals surface area contributed by atoms with Crippen LogP contribution in [0.4, 0.5) is 11.5 Å². The Morgan fingerprint density at radius 3 is 2.75 bits per heavy atom. The Balaban J connectivity index is 2.01. The fourth-order valence-electron chi connectivity index (χ4n) is 1.97. The quantitative estimate of drug-likeness (QED) is 0.761. The van der Waals surface area contributed by atoms with Crippen molar-refractivity contribution in [1.29, 1.82) is 0 Å². The number of hydrogen-bond donors (Lipinski definition) is 2. The van der Waals surface area contributed by atoms with E-state index >= 15 is 0 Å². The fraction of sp³-hybridized carbons (Fsp3) is 0. The maximum atomic E-state index is 11.0. The molecule has 1 aromatic carbocycles. The highest BCUT2D eigenvalue weighted by Crippen LogP contribution is 2.23. The largest absolute Gasteiger partial charge is 0.478 e. The molecule has 5 nitrogen and oxygen atoms in total. The van der Waals surface area contributed by atoms with Crippen molar-refractivity contribution < 1.29 is 9.90 Å². The summed E-state index contributed by atoms with van der Waals surface area (Å²) < 4.78 is 0. The zero-order chi connectivity index (χ0) is 13.9. The molecule has 2 N–H and O–H groups in total. The van der Waals surface area contributed by atoms with Crippen LogP contribution in [0.25, 0.3) is 10.9 Å². The fourth-order valence-corrected chi connectivity index (χ4v) is 1.97. The lowest BCUT2D eigenvalue weighted by molar-refractivity contribution is 0.0697. The number of rotatable bonds is 3. The molecule has 20 heavy (non-hydrogen) atoms. The molecule has 2 aromatic heterocycles. The van der Waals surface area contributed by atoms with E-state index in [9.17, 15) is 4.79 Å². The zero-order valence-electron chi connectivity index (χ0n) is 10.4. The van der Waals surface area contributed by atoms with Crippen molar-refractivity contribution in [2.24, 2.45) is 0 Å². The summed E-state index contributed by atoms with van der Waals surface area (Å²) in [4.78, 5) is 19.4. The summed E-state index contributed by atoms with van der Waals surface area (Å²) in [5.74, 6) is -0.505. The van der Waals surface area contributed by atoms with Gasteiger partial charge in [0, 0.05) is 17.8 Å². The summed E-state index contributed by atoms with van der Waals surface area (Å²) in [7, 11) is 0. The van der Waals surface area contributed by atoms with E-state index in [2.05, 4.69) is 15.3 Å². The van der Waals surface area contributed by atoms with Crippen LogP contribution in [0.3, 0.4) is 0 Å². The van der Waals surface area contributed by atoms with Crippen LogP contribution in [0.15, 0.2) is 54.9 Å². The van der Waals surface area contributed by atoms with Gasteiger partial charge in [-0.15, -0.1) is 0 Å². The Kier molecular flexibility index (Phi) is 3.01. The first kappa shape index (κ1) is 12.1. The second-order valence-electron chi connectivity index (χ2n) is 4.24. The van der Waals surface area contributed by atoms with E-state index in [4.69, 9.17) is 5.11 Å². The molecule has 0 fully saturated rings. The molecule has 3 aromatic rings. The predicted molar refractivity (Wildman–Crippen MR) is 76.2 cm³/mol. The molecule has 0 radical (unpaired) electrons. The number of benzene rings is 1. The van der Waals surface area contributed by atoms with Gasteiger partial charge in [0.05, 0.1) is 16.8 Å². The Morgan fingerprint density at radius 2 is 1.90 bits per heavy atom. The van der Waals surface area contributed by atoms with E-state index in [0.717, 1.165) is 16.6 Å². The molecule has 0 atom stereocenters. The Hall–Kier alpha value is -2.95. The van der Waals surface area contributed by atoms with Crippen molar-refractivity contribution in [2.75, 3.05) is 5.32 Å². The minimum absolute atomic E-state index is 0.190. The molecular formula is C15H11N3O2. The summed E-state index contributed by atoms with van der Waals surface area (Å²) in [5.41, 5.74) is 1.80. The summed E-state index contributed by atoms with van der Waals surface area (Å²) in [6, 6.07) is 12.5. The molecule has 2 heterocycles. The molecule has 0 unspecified atom stereocenters. The molecular weight excluding hydrogens is 254 g/mol. The lowest BCUT2D eigenvalue weighted by atomic mass is 10.2. The molecule has 98 valence electrons. The van der Waals surface area contributed by atoms with Gasteiger partial charge in [-0.2, -0.15) is 0 Å². The van der Waals surface area contributed by atoms with Crippen LogP contribution in [0.2, 0.25) is 0 Å². The molecule has 0 amide bonds. The first-order valence-corrected chi connectivity index (χ1v) is 6.04. The minimum atomic E-state index is -0.980. The van der Waals surface area contributed by atoms with Gasteiger partial charge in [0.15, 0.2) is 0 Å². The Morgan fingerprint density at radius 1 is 1.05 bits per heavy atom. The summed E-state index contributed by atoms with van der Waals surface area (Å²) in [6.07, 6.45) is 3.18. The number of nitrogens with one attached hydrogen (secondary N) is 1. The molecule has 0 saturated carbocycles. The van der Waals surface area contributed by atoms with Gasteiger partial charge in [0.25, 0.3) is 0 Å². The predicted octanol–water partition coefficient (Wildman–Crippen LogP) is 3.07. The van der Waals surface area contributed by atoms with Crippen molar-refractivity contribution in [2.45, 2.75) is 0 Å². The van der Waals surface area contributed by atoms with E-state index in [1.54, 1.807) is 6.20 Å². The number of nitrogens with zero attached hydrogens (tertiary/aromatic N) is 2. The first-order valence-electron chi connectivity index (χ1n) is 6.04. The number of aromatic nitrogens is 2. The van der Waals surface area contributed by atoms with Crippen LogP contribution in [-0.4, -0.2) is 21.0 Å². The van der Waals surface area contributed by atoms with Crippen LogP contribution in [0, 0.1) is 0 Å². The average molecular weight is 265 g/mol. The minimum Gasteiger partial charge on any atom is -0.478 e. The number of carboxylic acids is 1. The number of hydrogen-bond acceptors (Lipinski definition) is 4. The normalized spacial score (nSPS) is 10.4. The number of carboxylic acid groups (broad SMARTS) is 1. The number of carbonyl (C=O) groups is 1. The second kappa shape index (κ2) is 4.97. The monoisotopic (exact) mass is 265 g/mol. The summed E-state index contributed by atoms with van der Waals surface area (Å²) >= 11 is 0. The van der Waals surface area contributed by atoms with Gasteiger partial charge in [0.1, 0.15) is 5.82 Å². The Labute approximate surface area is 114 Å². The van der Waals surface area contributed by atoms with Crippen molar-refractivity contribution in [1.82, 2.24) is 9.97 Å². The third kappa shape index (κ3) is 2.29. The smallest absolute Gasteiger partial charge is 0.335 e. The Bertz CT molecular complexity index is 781. The summed E-state index contributed by atoms with van der Waals surface area (Å²) in [6.45, 7) is 0. The van der Waals surface area contributed by atoms with E-state index < -0.39 is 5.97 Å². The van der Waals surface area contributed by atoms with Gasteiger partial charge < -0.3 is 10.4 Å². The van der Waals surface area contributed by atoms with Gasteiger partial charge in [-0.1, -0.05) is 18.2 Å². The molecule has 0 aliphatic rings. The van der Waals surface area contributed by atoms with E-state index in [1.807, 2.05) is 30.3 Å². The average Bonchev–Trinajstić information content (AvgIpc) is 2.48. The van der Waals surface area contributed by atoms with Gasteiger partial charge in [-0.25, -0.2) is 9.78 Å². The summed E-state index contributed by atoms with van der Waals surface area (Å²) in [5, 5.41) is 13.1. The number of fused-ring (bicyclic) bond motifs is 1. The molecule has 0 aliphatic heterocycles. The van der Waals surface area contributed by atoms with E-state index in [0.29, 0.717) is 5.82 Å². The van der Waals surface area contributed by atoms with Crippen LogP contribution in [0.1, 0.15) is 10.4 Å². The van der Waals surface area contributed by atoms with E-state index in [1.165, 1.54) is 18.3 Å². The number of pyridine rings is 2. The van der Waals surface area contributed by atoms with Gasteiger partial charge in [-0.05, 0) is 24.3 Å². The number of aromatic carboxylic acids is 1. The standard InChI is InChI=1S/C15H11N3O2/c19-15(20)11-6-8-16-13(9-11)18-12-5-1-3-10-4-2-7-17-14(10)12/h1-9H,(H,16,18)(H,19,20). The topological polar surface area (TPSA) is 75.1 Å². The highest BCUT2D eigenvalue weighted by Gasteiger charge is 2.06. The van der Waals surface area contributed by atoms with E-state index in [-0.39, 0.29) is 5.56 Å². The molecule has 3 rings (SSSR count). The third-order valence-electron chi connectivity index (χ3n) is 2.90. The van der Waals surface area contributed by atoms with Crippen LogP contribution >= 0.6 is 0 Å². The number of para-hydroxylation sites is 1. The highest BCUT2D eigenvalue weighted by molar-refractivity contribution is 5.92. The lowest BCUT2D eigenvalue weighted by Gasteiger charge is -2.08. The zero-order valence-corrected chi connectivity index (χ0v) is 10.4. The van der Waals surface area contributed by atoms with Crippen LogP contribution in [-0.2, 0) is 0 Å². The van der Waals surface area contributed by atoms with Crippen molar-refractivity contribution in [3.63, 3.8) is 0 Å². The molecule has 5 heteroatoms. The van der Waals surface area contributed by atoms with Gasteiger partial charge >= 0.3 is 5.97 Å². The highest BCUT2D eigenvalue weighted by atomic mass is 16.4. The maximum Gasteiger partial charge on any atom is 0.335 e. The van der Waals surface area contributed by atoms with Crippen molar-refractivity contribution in [3.05, 3.63) is 60.4 Å². The van der Waals surface area contributed by atoms with Crippen molar-refractivity contribution >= 4 is 28.4 Å². The van der Waals surface area contributed by atoms with Crippen molar-refractivity contribution in [3.8, 4) is 0 Å². The lowest BCUT2D eigenvalue weighted by Crippen LogP contribution is -2.00. The first-order chi connectivity index (χ1) is 9.74. The SMILES string of the molecule is O=C(O)c1ccnc(Nc2cccc3cccnc23)c1. The van der Waals surface area contributed by atoms with Crippen LogP contribution < -0.4 is 5.32 Å². The second-order valence-corrected chi connectivity index (χ2v) is 4.24. The maximum absolute atomic E-state index is 11.0. The third-order valence-corrected chi connectivity index (χ3v) is 2.90.